The first kappa shape index (κ1) is 24.5. The van der Waals surface area contributed by atoms with Crippen molar-refractivity contribution in [1.82, 2.24) is 24.2 Å². The van der Waals surface area contributed by atoms with Gasteiger partial charge in [0.2, 0.25) is 5.82 Å². The lowest BCUT2D eigenvalue weighted by Crippen LogP contribution is -2.32. The minimum Gasteiger partial charge on any atom is -0.365 e. The molecule has 4 aromatic rings. The van der Waals surface area contributed by atoms with Crippen molar-refractivity contribution in [3.8, 4) is 5.69 Å². The standard InChI is InChI=1S/C22H15F5N6O3S/c23-14-5-2-6-15(24)17(14)37(35,36)32-20(34)11-3-1-4-13(9-11)33-10-28-16-18(29-12-7-8-12)30-21(22(25,26)27)31-19(16)33/h1-6,9-10,12H,7-8H2,(H,32,34)(H,29,30,31). The number of benzene rings is 2. The second-order valence-electron chi connectivity index (χ2n) is 8.13. The minimum atomic E-state index is -4.93. The van der Waals surface area contributed by atoms with Crippen molar-refractivity contribution in [2.45, 2.75) is 30.0 Å². The van der Waals surface area contributed by atoms with Crippen LogP contribution in [0.3, 0.4) is 0 Å². The highest BCUT2D eigenvalue weighted by Crippen LogP contribution is 2.33. The smallest absolute Gasteiger partial charge is 0.365 e. The Balaban J connectivity index is 1.52. The van der Waals surface area contributed by atoms with Crippen LogP contribution in [0.4, 0.5) is 27.8 Å². The van der Waals surface area contributed by atoms with Crippen LogP contribution in [0.15, 0.2) is 53.7 Å². The van der Waals surface area contributed by atoms with Gasteiger partial charge in [-0.1, -0.05) is 12.1 Å². The fourth-order valence-corrected chi connectivity index (χ4v) is 4.62. The van der Waals surface area contributed by atoms with Gasteiger partial charge in [0.15, 0.2) is 21.9 Å². The van der Waals surface area contributed by atoms with E-state index in [1.165, 1.54) is 29.1 Å². The van der Waals surface area contributed by atoms with Crippen LogP contribution in [0.1, 0.15) is 29.0 Å². The molecule has 0 bridgehead atoms. The molecule has 192 valence electrons. The second kappa shape index (κ2) is 8.76. The van der Waals surface area contributed by atoms with Crippen molar-refractivity contribution in [3.05, 3.63) is 71.8 Å². The quantitative estimate of drug-likeness (QED) is 0.359. The Bertz CT molecular complexity index is 1630. The van der Waals surface area contributed by atoms with Crippen molar-refractivity contribution in [1.29, 1.82) is 0 Å². The molecule has 15 heteroatoms. The summed E-state index contributed by atoms with van der Waals surface area (Å²) in [6, 6.07) is 7.50. The molecule has 0 unspecified atom stereocenters. The van der Waals surface area contributed by atoms with Crippen LogP contribution in [0.2, 0.25) is 0 Å². The highest BCUT2D eigenvalue weighted by atomic mass is 32.2. The van der Waals surface area contributed by atoms with Gasteiger partial charge in [-0.15, -0.1) is 0 Å². The number of nitrogens with one attached hydrogen (secondary N) is 2. The number of rotatable bonds is 6. The summed E-state index contributed by atoms with van der Waals surface area (Å²) < 4.78 is 96.0. The van der Waals surface area contributed by atoms with Crippen LogP contribution < -0.4 is 10.0 Å². The minimum absolute atomic E-state index is 0.0300. The molecule has 37 heavy (non-hydrogen) atoms. The molecule has 5 rings (SSSR count). The van der Waals surface area contributed by atoms with E-state index in [2.05, 4.69) is 20.3 Å². The molecule has 0 saturated heterocycles. The first-order chi connectivity index (χ1) is 17.4. The number of fused-ring (bicyclic) bond motifs is 1. The monoisotopic (exact) mass is 538 g/mol. The van der Waals surface area contributed by atoms with Crippen LogP contribution >= 0.6 is 0 Å². The molecule has 1 saturated carbocycles. The van der Waals surface area contributed by atoms with E-state index < -0.39 is 44.5 Å². The van der Waals surface area contributed by atoms with Crippen molar-refractivity contribution < 1.29 is 35.2 Å². The number of sulfonamides is 1. The maximum absolute atomic E-state index is 14.0. The molecule has 0 spiro atoms. The van der Waals surface area contributed by atoms with Crippen molar-refractivity contribution in [2.24, 2.45) is 0 Å². The van der Waals surface area contributed by atoms with E-state index in [0.717, 1.165) is 37.1 Å². The summed E-state index contributed by atoms with van der Waals surface area (Å²) in [5.74, 6) is -5.50. The summed E-state index contributed by atoms with van der Waals surface area (Å²) in [5.41, 5.74) is -0.286. The molecular weight excluding hydrogens is 523 g/mol. The van der Waals surface area contributed by atoms with E-state index in [-0.39, 0.29) is 34.3 Å². The largest absolute Gasteiger partial charge is 0.451 e. The van der Waals surface area contributed by atoms with Gasteiger partial charge in [0.1, 0.15) is 18.0 Å². The average Bonchev–Trinajstić information content (AvgIpc) is 3.52. The molecular formula is C22H15F5N6O3S. The number of anilines is 1. The Kier molecular flexibility index (Phi) is 5.81. The summed E-state index contributed by atoms with van der Waals surface area (Å²) in [5, 5.41) is 2.90. The number of carbonyl (C=O) groups excluding carboxylic acids is 1. The van der Waals surface area contributed by atoms with Gasteiger partial charge in [-0.2, -0.15) is 13.2 Å². The van der Waals surface area contributed by atoms with Gasteiger partial charge in [0.25, 0.3) is 15.9 Å². The molecule has 1 amide bonds. The SMILES string of the molecule is O=C(NS(=O)(=O)c1c(F)cccc1F)c1cccc(-n2cnc3c(NC4CC4)nc(C(F)(F)F)nc32)c1. The molecule has 9 nitrogen and oxygen atoms in total. The van der Waals surface area contributed by atoms with E-state index >= 15 is 0 Å². The maximum Gasteiger partial charge on any atom is 0.451 e. The number of hydrogen-bond donors (Lipinski definition) is 2. The zero-order valence-electron chi connectivity index (χ0n) is 18.4. The number of aromatic nitrogens is 4. The zero-order chi connectivity index (χ0) is 26.5. The molecule has 0 atom stereocenters. The Hall–Kier alpha value is -4.14. The Morgan fingerprint density at radius 1 is 1.03 bits per heavy atom. The van der Waals surface area contributed by atoms with E-state index in [4.69, 9.17) is 0 Å². The topological polar surface area (TPSA) is 119 Å². The summed E-state index contributed by atoms with van der Waals surface area (Å²) in [4.78, 5) is 22.6. The molecule has 1 fully saturated rings. The number of alkyl halides is 3. The highest BCUT2D eigenvalue weighted by molar-refractivity contribution is 7.90. The van der Waals surface area contributed by atoms with E-state index in [0.29, 0.717) is 0 Å². The lowest BCUT2D eigenvalue weighted by atomic mass is 10.2. The lowest BCUT2D eigenvalue weighted by Gasteiger charge is -2.12. The number of imidazole rings is 1. The summed E-state index contributed by atoms with van der Waals surface area (Å²) >= 11 is 0. The number of hydrogen-bond acceptors (Lipinski definition) is 7. The molecule has 2 aromatic carbocycles. The van der Waals surface area contributed by atoms with Crippen molar-refractivity contribution in [3.63, 3.8) is 0 Å². The van der Waals surface area contributed by atoms with Crippen LogP contribution in [-0.2, 0) is 16.2 Å². The fraction of sp³-hybridized carbons (Fsp3) is 0.182. The van der Waals surface area contributed by atoms with Crippen LogP contribution in [-0.4, -0.2) is 39.9 Å². The molecule has 2 heterocycles. The normalized spacial score (nSPS) is 14.1. The first-order valence-electron chi connectivity index (χ1n) is 10.6. The molecule has 2 N–H and O–H groups in total. The highest BCUT2D eigenvalue weighted by Gasteiger charge is 2.37. The van der Waals surface area contributed by atoms with E-state index in [9.17, 15) is 35.2 Å². The third kappa shape index (κ3) is 4.81. The summed E-state index contributed by atoms with van der Waals surface area (Å²) in [6.45, 7) is 0. The molecule has 1 aliphatic carbocycles. The van der Waals surface area contributed by atoms with Crippen LogP contribution in [0, 0.1) is 11.6 Å². The van der Waals surface area contributed by atoms with E-state index in [1.54, 1.807) is 4.72 Å². The van der Waals surface area contributed by atoms with Crippen molar-refractivity contribution >= 4 is 32.9 Å². The average molecular weight is 538 g/mol. The molecule has 0 aliphatic heterocycles. The predicted molar refractivity (Wildman–Crippen MR) is 119 cm³/mol. The van der Waals surface area contributed by atoms with Gasteiger partial charge in [-0.05, 0) is 43.2 Å². The molecule has 2 aromatic heterocycles. The number of carbonyl (C=O) groups is 1. The number of halogens is 5. The summed E-state index contributed by atoms with van der Waals surface area (Å²) in [7, 11) is -4.93. The van der Waals surface area contributed by atoms with Gasteiger partial charge in [0.05, 0.1) is 0 Å². The fourth-order valence-electron chi connectivity index (χ4n) is 3.51. The number of amides is 1. The number of nitrogens with zero attached hydrogens (tertiary/aromatic N) is 4. The zero-order valence-corrected chi connectivity index (χ0v) is 19.2. The third-order valence-corrected chi connectivity index (χ3v) is 6.75. The van der Waals surface area contributed by atoms with Crippen molar-refractivity contribution in [2.75, 3.05) is 5.32 Å². The first-order valence-corrected chi connectivity index (χ1v) is 12.1. The maximum atomic E-state index is 14.0. The van der Waals surface area contributed by atoms with Gasteiger partial charge in [-0.25, -0.2) is 36.9 Å². The predicted octanol–water partition coefficient (Wildman–Crippen LogP) is 3.81. The third-order valence-electron chi connectivity index (χ3n) is 5.37. The van der Waals surface area contributed by atoms with Crippen LogP contribution in [0.5, 0.6) is 0 Å². The molecule has 1 aliphatic rings. The van der Waals surface area contributed by atoms with Gasteiger partial charge < -0.3 is 5.32 Å². The molecule has 0 radical (unpaired) electrons. The van der Waals surface area contributed by atoms with Gasteiger partial charge >= 0.3 is 6.18 Å². The second-order valence-corrected chi connectivity index (χ2v) is 9.75. The lowest BCUT2D eigenvalue weighted by molar-refractivity contribution is -0.144. The van der Waals surface area contributed by atoms with Gasteiger partial charge in [-0.3, -0.25) is 9.36 Å². The van der Waals surface area contributed by atoms with Gasteiger partial charge in [0, 0.05) is 17.3 Å². The summed E-state index contributed by atoms with van der Waals surface area (Å²) in [6.07, 6.45) is -2.13. The Labute approximate surface area is 205 Å². The van der Waals surface area contributed by atoms with Crippen LogP contribution in [0.25, 0.3) is 16.9 Å². The Morgan fingerprint density at radius 3 is 2.35 bits per heavy atom. The van der Waals surface area contributed by atoms with E-state index in [1.807, 2.05) is 0 Å². The Morgan fingerprint density at radius 2 is 1.70 bits per heavy atom.